The van der Waals surface area contributed by atoms with Crippen LogP contribution in [0.4, 0.5) is 0 Å². The van der Waals surface area contributed by atoms with E-state index >= 15 is 0 Å². The molecule has 0 aliphatic rings. The van der Waals surface area contributed by atoms with Gasteiger partial charge in [-0.25, -0.2) is 15.4 Å². The normalized spacial score (nSPS) is 10.4. The number of amides is 1. The standard InChI is InChI=1S/C14H15N3O2S/c1-8-6-9(2)16-13(15-8)10-4-5-11(12(20)7-10)14(18)17-19-3/h4-7,20H,1-3H3,(H,17,18). The van der Waals surface area contributed by atoms with Gasteiger partial charge >= 0.3 is 0 Å². The molecule has 6 heteroatoms. The largest absolute Gasteiger partial charge is 0.277 e. The van der Waals surface area contributed by atoms with Crippen LogP contribution < -0.4 is 5.48 Å². The first-order chi connectivity index (χ1) is 9.51. The molecule has 0 aliphatic carbocycles. The van der Waals surface area contributed by atoms with Gasteiger partial charge in [0.1, 0.15) is 0 Å². The van der Waals surface area contributed by atoms with E-state index in [4.69, 9.17) is 0 Å². The highest BCUT2D eigenvalue weighted by Gasteiger charge is 2.11. The number of aromatic nitrogens is 2. The van der Waals surface area contributed by atoms with Gasteiger partial charge in [-0.05, 0) is 32.0 Å². The van der Waals surface area contributed by atoms with Crippen LogP contribution in [-0.4, -0.2) is 23.0 Å². The minimum absolute atomic E-state index is 0.342. The first kappa shape index (κ1) is 14.5. The number of hydrogen-bond acceptors (Lipinski definition) is 5. The third-order valence-electron chi connectivity index (χ3n) is 2.68. The van der Waals surface area contributed by atoms with E-state index in [0.717, 1.165) is 17.0 Å². The predicted molar refractivity (Wildman–Crippen MR) is 78.7 cm³/mol. The Morgan fingerprint density at radius 1 is 1.20 bits per heavy atom. The Labute approximate surface area is 122 Å². The highest BCUT2D eigenvalue weighted by Crippen LogP contribution is 2.22. The number of carbonyl (C=O) groups excluding carboxylic acids is 1. The van der Waals surface area contributed by atoms with Gasteiger partial charge in [-0.1, -0.05) is 6.07 Å². The topological polar surface area (TPSA) is 64.1 Å². The van der Waals surface area contributed by atoms with Gasteiger partial charge < -0.3 is 0 Å². The van der Waals surface area contributed by atoms with Crippen LogP contribution in [0.1, 0.15) is 21.7 Å². The molecular weight excluding hydrogens is 274 g/mol. The molecule has 0 atom stereocenters. The average molecular weight is 289 g/mol. The Hall–Kier alpha value is -1.92. The van der Waals surface area contributed by atoms with Gasteiger partial charge in [0.25, 0.3) is 5.91 Å². The molecule has 1 heterocycles. The fraction of sp³-hybridized carbons (Fsp3) is 0.214. The molecule has 1 aromatic heterocycles. The van der Waals surface area contributed by atoms with Crippen LogP contribution in [0.25, 0.3) is 11.4 Å². The zero-order valence-electron chi connectivity index (χ0n) is 11.5. The Kier molecular flexibility index (Phi) is 4.36. The molecular formula is C14H15N3O2S. The maximum Gasteiger partial charge on any atom is 0.275 e. The van der Waals surface area contributed by atoms with Crippen molar-refractivity contribution in [3.05, 3.63) is 41.2 Å². The molecule has 2 aromatic rings. The van der Waals surface area contributed by atoms with E-state index in [1.54, 1.807) is 18.2 Å². The molecule has 20 heavy (non-hydrogen) atoms. The number of carbonyl (C=O) groups is 1. The zero-order chi connectivity index (χ0) is 14.7. The van der Waals surface area contributed by atoms with Crippen molar-refractivity contribution in [3.63, 3.8) is 0 Å². The molecule has 0 bridgehead atoms. The van der Waals surface area contributed by atoms with Crippen molar-refractivity contribution in [2.45, 2.75) is 18.7 Å². The summed E-state index contributed by atoms with van der Waals surface area (Å²) in [6, 6.07) is 7.14. The van der Waals surface area contributed by atoms with E-state index < -0.39 is 0 Å². The van der Waals surface area contributed by atoms with Crippen molar-refractivity contribution in [2.75, 3.05) is 7.11 Å². The monoisotopic (exact) mass is 289 g/mol. The lowest BCUT2D eigenvalue weighted by Gasteiger charge is -2.08. The molecule has 1 N–H and O–H groups in total. The minimum Gasteiger partial charge on any atom is -0.277 e. The van der Waals surface area contributed by atoms with E-state index in [2.05, 4.69) is 32.9 Å². The lowest BCUT2D eigenvalue weighted by Crippen LogP contribution is -2.22. The average Bonchev–Trinajstić information content (AvgIpc) is 2.37. The molecule has 0 saturated heterocycles. The second-order valence-electron chi connectivity index (χ2n) is 4.34. The summed E-state index contributed by atoms with van der Waals surface area (Å²) in [5.74, 6) is 0.280. The van der Waals surface area contributed by atoms with Gasteiger partial charge in [-0.15, -0.1) is 12.6 Å². The van der Waals surface area contributed by atoms with Gasteiger partial charge in [-0.2, -0.15) is 0 Å². The third-order valence-corrected chi connectivity index (χ3v) is 3.05. The number of hydroxylamine groups is 1. The molecule has 0 spiro atoms. The van der Waals surface area contributed by atoms with E-state index in [1.807, 2.05) is 19.9 Å². The highest BCUT2D eigenvalue weighted by atomic mass is 32.1. The van der Waals surface area contributed by atoms with Gasteiger partial charge in [-0.3, -0.25) is 9.63 Å². The third kappa shape index (κ3) is 3.15. The summed E-state index contributed by atoms with van der Waals surface area (Å²) < 4.78 is 0. The van der Waals surface area contributed by atoms with Gasteiger partial charge in [0, 0.05) is 21.8 Å². The van der Waals surface area contributed by atoms with Crippen molar-refractivity contribution in [1.29, 1.82) is 0 Å². The number of thiol groups is 1. The summed E-state index contributed by atoms with van der Waals surface area (Å²) in [6.07, 6.45) is 0. The number of benzene rings is 1. The Morgan fingerprint density at radius 2 is 1.85 bits per heavy atom. The quantitative estimate of drug-likeness (QED) is 0.672. The SMILES string of the molecule is CONC(=O)c1ccc(-c2nc(C)cc(C)n2)cc1S. The number of nitrogens with zero attached hydrogens (tertiary/aromatic N) is 2. The first-order valence-corrected chi connectivity index (χ1v) is 6.45. The van der Waals surface area contributed by atoms with E-state index in [1.165, 1.54) is 7.11 Å². The Morgan fingerprint density at radius 3 is 2.40 bits per heavy atom. The van der Waals surface area contributed by atoms with Crippen molar-refractivity contribution >= 4 is 18.5 Å². The van der Waals surface area contributed by atoms with Crippen molar-refractivity contribution in [1.82, 2.24) is 15.4 Å². The molecule has 104 valence electrons. The molecule has 5 nitrogen and oxygen atoms in total. The highest BCUT2D eigenvalue weighted by molar-refractivity contribution is 7.80. The van der Waals surface area contributed by atoms with Crippen LogP contribution in [0, 0.1) is 13.8 Å². The molecule has 0 aliphatic heterocycles. The van der Waals surface area contributed by atoms with Gasteiger partial charge in [0.05, 0.1) is 12.7 Å². The second kappa shape index (κ2) is 6.02. The van der Waals surface area contributed by atoms with Gasteiger partial charge in [0.15, 0.2) is 5.82 Å². The maximum absolute atomic E-state index is 11.7. The van der Waals surface area contributed by atoms with Crippen molar-refractivity contribution in [3.8, 4) is 11.4 Å². The smallest absolute Gasteiger partial charge is 0.275 e. The fourth-order valence-electron chi connectivity index (χ4n) is 1.87. The molecule has 2 rings (SSSR count). The summed E-state index contributed by atoms with van der Waals surface area (Å²) >= 11 is 4.33. The van der Waals surface area contributed by atoms with Crippen LogP contribution in [0.3, 0.4) is 0 Å². The molecule has 1 amide bonds. The Bertz CT molecular complexity index is 639. The summed E-state index contributed by atoms with van der Waals surface area (Å²) in [4.78, 5) is 25.6. The summed E-state index contributed by atoms with van der Waals surface area (Å²) in [7, 11) is 1.38. The van der Waals surface area contributed by atoms with Crippen LogP contribution >= 0.6 is 12.6 Å². The van der Waals surface area contributed by atoms with E-state index in [-0.39, 0.29) is 5.91 Å². The second-order valence-corrected chi connectivity index (χ2v) is 4.82. The first-order valence-electron chi connectivity index (χ1n) is 6.00. The number of aryl methyl sites for hydroxylation is 2. The van der Waals surface area contributed by atoms with Crippen LogP contribution in [-0.2, 0) is 4.84 Å². The lowest BCUT2D eigenvalue weighted by atomic mass is 10.1. The van der Waals surface area contributed by atoms with Crippen LogP contribution in [0.5, 0.6) is 0 Å². The number of rotatable bonds is 3. The van der Waals surface area contributed by atoms with E-state index in [9.17, 15) is 4.79 Å². The predicted octanol–water partition coefficient (Wildman–Crippen LogP) is 2.34. The number of hydrogen-bond donors (Lipinski definition) is 2. The zero-order valence-corrected chi connectivity index (χ0v) is 12.4. The van der Waals surface area contributed by atoms with Gasteiger partial charge in [0.2, 0.25) is 0 Å². The Balaban J connectivity index is 2.40. The molecule has 0 radical (unpaired) electrons. The minimum atomic E-state index is -0.342. The summed E-state index contributed by atoms with van der Waals surface area (Å²) in [5, 5.41) is 0. The van der Waals surface area contributed by atoms with Crippen molar-refractivity contribution in [2.24, 2.45) is 0 Å². The van der Waals surface area contributed by atoms with E-state index in [0.29, 0.717) is 16.3 Å². The molecule has 0 saturated carbocycles. The maximum atomic E-state index is 11.7. The fourth-order valence-corrected chi connectivity index (χ4v) is 2.18. The summed E-state index contributed by atoms with van der Waals surface area (Å²) in [6.45, 7) is 3.83. The summed E-state index contributed by atoms with van der Waals surface area (Å²) in [5.41, 5.74) is 5.31. The molecule has 1 aromatic carbocycles. The van der Waals surface area contributed by atoms with Crippen LogP contribution in [0.15, 0.2) is 29.2 Å². The van der Waals surface area contributed by atoms with Crippen molar-refractivity contribution < 1.29 is 9.63 Å². The molecule has 0 fully saturated rings. The number of nitrogens with one attached hydrogen (secondary N) is 1. The lowest BCUT2D eigenvalue weighted by molar-refractivity contribution is 0.0534. The van der Waals surface area contributed by atoms with Crippen LogP contribution in [0.2, 0.25) is 0 Å². The molecule has 0 unspecified atom stereocenters.